The molecule has 5 nitrogen and oxygen atoms in total. The fourth-order valence-corrected chi connectivity index (χ4v) is 2.27. The van der Waals surface area contributed by atoms with Gasteiger partial charge in [0.1, 0.15) is 5.60 Å². The van der Waals surface area contributed by atoms with Gasteiger partial charge in [0.15, 0.2) is 0 Å². The average Bonchev–Trinajstić information content (AvgIpc) is 2.69. The Balaban J connectivity index is 3.06. The number of rotatable bonds is 7. The second kappa shape index (κ2) is 6.35. The summed E-state index contributed by atoms with van der Waals surface area (Å²) in [4.78, 5) is 0. The third-order valence-corrected chi connectivity index (χ3v) is 2.99. The van der Waals surface area contributed by atoms with Crippen LogP contribution < -0.4 is 5.73 Å². The van der Waals surface area contributed by atoms with E-state index in [2.05, 4.69) is 5.10 Å². The molecule has 0 aromatic carbocycles. The molecule has 98 valence electrons. The first kappa shape index (κ1) is 14.4. The lowest BCUT2D eigenvalue weighted by Crippen LogP contribution is -2.35. The van der Waals surface area contributed by atoms with Gasteiger partial charge in [-0.1, -0.05) is 11.6 Å². The number of hydrogen-bond acceptors (Lipinski definition) is 4. The minimum atomic E-state index is -1.13. The Labute approximate surface area is 107 Å². The van der Waals surface area contributed by atoms with Gasteiger partial charge in [-0.05, 0) is 26.3 Å². The maximum absolute atomic E-state index is 10.7. The lowest BCUT2D eigenvalue weighted by atomic mass is 9.94. The SMILES string of the molecule is CCn1ncc(Cl)c1C(O)(CCCN)COC. The number of nitrogens with two attached hydrogens (primary N) is 1. The number of nitrogens with zero attached hydrogens (tertiary/aromatic N) is 2. The van der Waals surface area contributed by atoms with E-state index in [1.807, 2.05) is 6.92 Å². The van der Waals surface area contributed by atoms with E-state index < -0.39 is 5.60 Å². The van der Waals surface area contributed by atoms with E-state index in [-0.39, 0.29) is 6.61 Å². The van der Waals surface area contributed by atoms with E-state index in [1.165, 1.54) is 0 Å². The minimum absolute atomic E-state index is 0.179. The maximum atomic E-state index is 10.7. The third kappa shape index (κ3) is 3.19. The fourth-order valence-electron chi connectivity index (χ4n) is 1.96. The second-order valence-corrected chi connectivity index (χ2v) is 4.42. The molecule has 0 saturated heterocycles. The van der Waals surface area contributed by atoms with Gasteiger partial charge in [0.25, 0.3) is 0 Å². The van der Waals surface area contributed by atoms with Crippen molar-refractivity contribution >= 4 is 11.6 Å². The number of methoxy groups -OCH3 is 1. The van der Waals surface area contributed by atoms with Gasteiger partial charge in [0.05, 0.1) is 23.5 Å². The monoisotopic (exact) mass is 261 g/mol. The average molecular weight is 262 g/mol. The molecule has 0 fully saturated rings. The van der Waals surface area contributed by atoms with E-state index in [9.17, 15) is 5.11 Å². The Kier molecular flexibility index (Phi) is 5.39. The number of ether oxygens (including phenoxy) is 1. The molecule has 1 atom stereocenters. The zero-order chi connectivity index (χ0) is 12.9. The van der Waals surface area contributed by atoms with Crippen molar-refractivity contribution in [3.63, 3.8) is 0 Å². The molecule has 0 aliphatic rings. The second-order valence-electron chi connectivity index (χ2n) is 4.01. The number of aliphatic hydroxyl groups is 1. The number of halogens is 1. The van der Waals surface area contributed by atoms with Gasteiger partial charge < -0.3 is 15.6 Å². The van der Waals surface area contributed by atoms with E-state index in [0.29, 0.717) is 36.6 Å². The summed E-state index contributed by atoms with van der Waals surface area (Å²) in [6.07, 6.45) is 2.75. The molecule has 1 unspecified atom stereocenters. The first-order valence-electron chi connectivity index (χ1n) is 5.72. The summed E-state index contributed by atoms with van der Waals surface area (Å²) >= 11 is 6.09. The van der Waals surface area contributed by atoms with E-state index in [4.69, 9.17) is 22.1 Å². The van der Waals surface area contributed by atoms with Crippen LogP contribution >= 0.6 is 11.6 Å². The molecule has 6 heteroatoms. The van der Waals surface area contributed by atoms with E-state index in [0.717, 1.165) is 0 Å². The van der Waals surface area contributed by atoms with E-state index >= 15 is 0 Å². The van der Waals surface area contributed by atoms with Crippen LogP contribution in [0.5, 0.6) is 0 Å². The standard InChI is InChI=1S/C11H20ClN3O2/c1-3-15-10(9(12)7-14-15)11(16,8-17-2)5-4-6-13/h7,16H,3-6,8,13H2,1-2H3. The summed E-state index contributed by atoms with van der Waals surface area (Å²) in [6, 6.07) is 0. The van der Waals surface area contributed by atoms with Gasteiger partial charge in [-0.15, -0.1) is 0 Å². The number of aryl methyl sites for hydroxylation is 1. The Hall–Kier alpha value is -0.620. The Bertz CT molecular complexity index is 356. The van der Waals surface area contributed by atoms with Crippen molar-refractivity contribution in [2.75, 3.05) is 20.3 Å². The van der Waals surface area contributed by atoms with Crippen molar-refractivity contribution in [1.82, 2.24) is 9.78 Å². The smallest absolute Gasteiger partial charge is 0.131 e. The normalized spacial score (nSPS) is 14.9. The van der Waals surface area contributed by atoms with Crippen molar-refractivity contribution in [1.29, 1.82) is 0 Å². The van der Waals surface area contributed by atoms with Gasteiger partial charge in [0.2, 0.25) is 0 Å². The highest BCUT2D eigenvalue weighted by Crippen LogP contribution is 2.32. The van der Waals surface area contributed by atoms with Crippen LogP contribution in [0.3, 0.4) is 0 Å². The topological polar surface area (TPSA) is 73.3 Å². The highest BCUT2D eigenvalue weighted by molar-refractivity contribution is 6.31. The highest BCUT2D eigenvalue weighted by atomic mass is 35.5. The number of aromatic nitrogens is 2. The molecular weight excluding hydrogens is 242 g/mol. The predicted molar refractivity (Wildman–Crippen MR) is 67.0 cm³/mol. The molecule has 1 aromatic rings. The summed E-state index contributed by atoms with van der Waals surface area (Å²) in [6.45, 7) is 3.29. The summed E-state index contributed by atoms with van der Waals surface area (Å²) in [7, 11) is 1.55. The van der Waals surface area contributed by atoms with Gasteiger partial charge in [0, 0.05) is 13.7 Å². The summed E-state index contributed by atoms with van der Waals surface area (Å²) in [5.41, 5.74) is 4.97. The molecule has 0 aliphatic carbocycles. The first-order chi connectivity index (χ1) is 8.09. The third-order valence-electron chi connectivity index (χ3n) is 2.71. The Morgan fingerprint density at radius 2 is 2.35 bits per heavy atom. The van der Waals surface area contributed by atoms with E-state index in [1.54, 1.807) is 18.0 Å². The zero-order valence-electron chi connectivity index (χ0n) is 10.3. The molecule has 3 N–H and O–H groups in total. The Morgan fingerprint density at radius 1 is 1.65 bits per heavy atom. The maximum Gasteiger partial charge on any atom is 0.131 e. The van der Waals surface area contributed by atoms with Crippen molar-refractivity contribution in [3.05, 3.63) is 16.9 Å². The summed E-state index contributed by atoms with van der Waals surface area (Å²) < 4.78 is 6.78. The molecule has 0 amide bonds. The van der Waals surface area contributed by atoms with Crippen molar-refractivity contribution in [2.45, 2.75) is 31.9 Å². The summed E-state index contributed by atoms with van der Waals surface area (Å²) in [5.74, 6) is 0. The quantitative estimate of drug-likeness (QED) is 0.772. The Morgan fingerprint density at radius 3 is 2.88 bits per heavy atom. The van der Waals surface area contributed by atoms with Crippen LogP contribution in [0.4, 0.5) is 0 Å². The lowest BCUT2D eigenvalue weighted by molar-refractivity contribution is -0.0490. The predicted octanol–water partition coefficient (Wildman–Crippen LogP) is 1.13. The molecule has 1 rings (SSSR count). The zero-order valence-corrected chi connectivity index (χ0v) is 11.1. The van der Waals surface area contributed by atoms with Crippen LogP contribution in [-0.4, -0.2) is 35.1 Å². The van der Waals surface area contributed by atoms with Gasteiger partial charge in [-0.2, -0.15) is 5.10 Å². The van der Waals surface area contributed by atoms with Crippen LogP contribution in [0, 0.1) is 0 Å². The van der Waals surface area contributed by atoms with Crippen LogP contribution in [0.1, 0.15) is 25.5 Å². The molecule has 17 heavy (non-hydrogen) atoms. The van der Waals surface area contributed by atoms with Gasteiger partial charge >= 0.3 is 0 Å². The number of hydrogen-bond donors (Lipinski definition) is 2. The van der Waals surface area contributed by atoms with Crippen molar-refractivity contribution in [3.8, 4) is 0 Å². The van der Waals surface area contributed by atoms with Crippen LogP contribution in [0.2, 0.25) is 5.02 Å². The lowest BCUT2D eigenvalue weighted by Gasteiger charge is -2.28. The van der Waals surface area contributed by atoms with Crippen molar-refractivity contribution in [2.24, 2.45) is 5.73 Å². The minimum Gasteiger partial charge on any atom is -0.381 e. The highest BCUT2D eigenvalue weighted by Gasteiger charge is 2.34. The molecule has 1 heterocycles. The first-order valence-corrected chi connectivity index (χ1v) is 6.10. The summed E-state index contributed by atoms with van der Waals surface area (Å²) in [5, 5.41) is 15.3. The largest absolute Gasteiger partial charge is 0.381 e. The molecular formula is C11H20ClN3O2. The van der Waals surface area contributed by atoms with Crippen molar-refractivity contribution < 1.29 is 9.84 Å². The molecule has 1 aromatic heterocycles. The fraction of sp³-hybridized carbons (Fsp3) is 0.727. The molecule has 0 spiro atoms. The van der Waals surface area contributed by atoms with Gasteiger partial charge in [-0.25, -0.2) is 0 Å². The van der Waals surface area contributed by atoms with Gasteiger partial charge in [-0.3, -0.25) is 4.68 Å². The van der Waals surface area contributed by atoms with Crippen LogP contribution in [-0.2, 0) is 16.9 Å². The molecule has 0 radical (unpaired) electrons. The molecule has 0 aliphatic heterocycles. The molecule has 0 bridgehead atoms. The molecule has 0 saturated carbocycles. The van der Waals surface area contributed by atoms with Crippen LogP contribution in [0.25, 0.3) is 0 Å². The van der Waals surface area contributed by atoms with Crippen LogP contribution in [0.15, 0.2) is 6.20 Å².